The third kappa shape index (κ3) is 3.20. The van der Waals surface area contributed by atoms with Gasteiger partial charge in [0.1, 0.15) is 0 Å². The van der Waals surface area contributed by atoms with Crippen LogP contribution < -0.4 is 0 Å². The SMILES string of the molecule is Cc1nn(Cc2ccccc2Cl)c(C)c1C(=O)N1CCCCC1C. The zero-order valence-corrected chi connectivity index (χ0v) is 15.3. The van der Waals surface area contributed by atoms with E-state index in [4.69, 9.17) is 11.6 Å². The Balaban J connectivity index is 1.89. The number of amides is 1. The molecule has 1 aromatic heterocycles. The van der Waals surface area contributed by atoms with Gasteiger partial charge in [-0.2, -0.15) is 5.10 Å². The van der Waals surface area contributed by atoms with Crippen molar-refractivity contribution in [1.29, 1.82) is 0 Å². The standard InChI is InChI=1S/C19H24ClN3O/c1-13-8-6-7-11-22(13)19(24)18-14(2)21-23(15(18)3)12-16-9-4-5-10-17(16)20/h4-5,9-10,13H,6-8,11-12H2,1-3H3. The third-order valence-corrected chi connectivity index (χ3v) is 5.31. The number of piperidine rings is 1. The van der Waals surface area contributed by atoms with E-state index in [1.54, 1.807) is 0 Å². The van der Waals surface area contributed by atoms with Crippen LogP contribution in [0.5, 0.6) is 0 Å². The average molecular weight is 346 g/mol. The molecule has 0 saturated carbocycles. The van der Waals surface area contributed by atoms with Gasteiger partial charge in [0.25, 0.3) is 5.91 Å². The summed E-state index contributed by atoms with van der Waals surface area (Å²) in [6, 6.07) is 8.06. The van der Waals surface area contributed by atoms with Crippen molar-refractivity contribution in [1.82, 2.24) is 14.7 Å². The van der Waals surface area contributed by atoms with Crippen molar-refractivity contribution >= 4 is 17.5 Å². The Morgan fingerprint density at radius 1 is 1.29 bits per heavy atom. The van der Waals surface area contributed by atoms with Gasteiger partial charge in [-0.25, -0.2) is 0 Å². The number of aromatic nitrogens is 2. The molecule has 1 aliphatic heterocycles. The predicted molar refractivity (Wildman–Crippen MR) is 96.6 cm³/mol. The molecule has 1 atom stereocenters. The molecule has 4 nitrogen and oxygen atoms in total. The van der Waals surface area contributed by atoms with Crippen LogP contribution in [0.15, 0.2) is 24.3 Å². The first-order chi connectivity index (χ1) is 11.5. The molecule has 0 bridgehead atoms. The monoisotopic (exact) mass is 345 g/mol. The summed E-state index contributed by atoms with van der Waals surface area (Å²) in [5.74, 6) is 0.114. The Labute approximate surface area is 148 Å². The minimum absolute atomic E-state index is 0.114. The van der Waals surface area contributed by atoms with E-state index < -0.39 is 0 Å². The summed E-state index contributed by atoms with van der Waals surface area (Å²) in [6.07, 6.45) is 3.37. The van der Waals surface area contributed by atoms with Gasteiger partial charge in [0, 0.05) is 23.3 Å². The van der Waals surface area contributed by atoms with E-state index in [2.05, 4.69) is 12.0 Å². The Bertz CT molecular complexity index is 753. The van der Waals surface area contributed by atoms with Crippen LogP contribution in [-0.2, 0) is 6.54 Å². The van der Waals surface area contributed by atoms with Crippen molar-refractivity contribution in [3.63, 3.8) is 0 Å². The molecule has 5 heteroatoms. The summed E-state index contributed by atoms with van der Waals surface area (Å²) in [5.41, 5.74) is 3.46. The van der Waals surface area contributed by atoms with Gasteiger partial charge in [0.2, 0.25) is 0 Å². The maximum absolute atomic E-state index is 13.0. The summed E-state index contributed by atoms with van der Waals surface area (Å²) in [7, 11) is 0. The molecule has 2 heterocycles. The van der Waals surface area contributed by atoms with Crippen molar-refractivity contribution in [2.24, 2.45) is 0 Å². The second kappa shape index (κ2) is 6.98. The van der Waals surface area contributed by atoms with Gasteiger partial charge < -0.3 is 4.90 Å². The van der Waals surface area contributed by atoms with E-state index in [9.17, 15) is 4.79 Å². The minimum Gasteiger partial charge on any atom is -0.336 e. The Hall–Kier alpha value is -1.81. The van der Waals surface area contributed by atoms with Crippen molar-refractivity contribution < 1.29 is 4.79 Å². The first-order valence-corrected chi connectivity index (χ1v) is 8.95. The number of hydrogen-bond acceptors (Lipinski definition) is 2. The number of aryl methyl sites for hydroxylation is 1. The number of hydrogen-bond donors (Lipinski definition) is 0. The Morgan fingerprint density at radius 3 is 2.75 bits per heavy atom. The van der Waals surface area contributed by atoms with E-state index in [1.165, 1.54) is 6.42 Å². The lowest BCUT2D eigenvalue weighted by molar-refractivity contribution is 0.0634. The first-order valence-electron chi connectivity index (χ1n) is 8.57. The van der Waals surface area contributed by atoms with E-state index in [-0.39, 0.29) is 5.91 Å². The highest BCUT2D eigenvalue weighted by Crippen LogP contribution is 2.24. The van der Waals surface area contributed by atoms with Crippen LogP contribution in [0, 0.1) is 13.8 Å². The summed E-state index contributed by atoms with van der Waals surface area (Å²) in [5, 5.41) is 5.32. The molecule has 2 aromatic rings. The van der Waals surface area contributed by atoms with Crippen molar-refractivity contribution in [2.45, 2.75) is 52.6 Å². The van der Waals surface area contributed by atoms with Gasteiger partial charge in [-0.3, -0.25) is 9.48 Å². The normalized spacial score (nSPS) is 18.0. The van der Waals surface area contributed by atoms with E-state index in [1.807, 2.05) is 47.7 Å². The van der Waals surface area contributed by atoms with Crippen LogP contribution >= 0.6 is 11.6 Å². The summed E-state index contributed by atoms with van der Waals surface area (Å²) in [6.45, 7) is 7.44. The zero-order valence-electron chi connectivity index (χ0n) is 14.6. The van der Waals surface area contributed by atoms with Crippen LogP contribution in [0.4, 0.5) is 0 Å². The molecule has 1 unspecified atom stereocenters. The van der Waals surface area contributed by atoms with Crippen molar-refractivity contribution in [3.8, 4) is 0 Å². The number of nitrogens with zero attached hydrogens (tertiary/aromatic N) is 3. The van der Waals surface area contributed by atoms with Crippen molar-refractivity contribution in [2.75, 3.05) is 6.54 Å². The lowest BCUT2D eigenvalue weighted by atomic mass is 10.0. The van der Waals surface area contributed by atoms with Gasteiger partial charge in [0.15, 0.2) is 0 Å². The molecule has 0 spiro atoms. The zero-order chi connectivity index (χ0) is 17.3. The Kier molecular flexibility index (Phi) is 4.95. The highest BCUT2D eigenvalue weighted by Gasteiger charge is 2.28. The molecule has 1 fully saturated rings. The molecule has 0 N–H and O–H groups in total. The quantitative estimate of drug-likeness (QED) is 0.835. The molecule has 24 heavy (non-hydrogen) atoms. The summed E-state index contributed by atoms with van der Waals surface area (Å²) in [4.78, 5) is 15.0. The minimum atomic E-state index is 0.114. The number of likely N-dealkylation sites (tertiary alicyclic amines) is 1. The molecule has 128 valence electrons. The molecule has 1 amide bonds. The molecule has 0 aliphatic carbocycles. The highest BCUT2D eigenvalue weighted by molar-refractivity contribution is 6.31. The molecule has 3 rings (SSSR count). The maximum Gasteiger partial charge on any atom is 0.257 e. The fourth-order valence-electron chi connectivity index (χ4n) is 3.49. The second-order valence-corrected chi connectivity index (χ2v) is 7.05. The lowest BCUT2D eigenvalue weighted by Gasteiger charge is -2.33. The van der Waals surface area contributed by atoms with E-state index in [0.717, 1.165) is 46.9 Å². The fraction of sp³-hybridized carbons (Fsp3) is 0.474. The van der Waals surface area contributed by atoms with Crippen LogP contribution in [-0.4, -0.2) is 33.2 Å². The lowest BCUT2D eigenvalue weighted by Crippen LogP contribution is -2.42. The third-order valence-electron chi connectivity index (χ3n) is 4.94. The predicted octanol–water partition coefficient (Wildman–Crippen LogP) is 4.22. The van der Waals surface area contributed by atoms with E-state index in [0.29, 0.717) is 12.6 Å². The largest absolute Gasteiger partial charge is 0.336 e. The number of halogens is 1. The molecular weight excluding hydrogens is 322 g/mol. The van der Waals surface area contributed by atoms with Gasteiger partial charge >= 0.3 is 0 Å². The van der Waals surface area contributed by atoms with Gasteiger partial charge in [-0.05, 0) is 51.7 Å². The molecular formula is C19H24ClN3O. The fourth-order valence-corrected chi connectivity index (χ4v) is 3.69. The van der Waals surface area contributed by atoms with Crippen molar-refractivity contribution in [3.05, 3.63) is 51.8 Å². The maximum atomic E-state index is 13.0. The Morgan fingerprint density at radius 2 is 2.04 bits per heavy atom. The molecule has 0 radical (unpaired) electrons. The number of carbonyl (C=O) groups excluding carboxylic acids is 1. The molecule has 1 saturated heterocycles. The van der Waals surface area contributed by atoms with Gasteiger partial charge in [-0.15, -0.1) is 0 Å². The smallest absolute Gasteiger partial charge is 0.257 e. The van der Waals surface area contributed by atoms with E-state index >= 15 is 0 Å². The summed E-state index contributed by atoms with van der Waals surface area (Å²) >= 11 is 6.26. The van der Waals surface area contributed by atoms with Crippen LogP contribution in [0.25, 0.3) is 0 Å². The van der Waals surface area contributed by atoms with Crippen LogP contribution in [0.1, 0.15) is 53.5 Å². The number of benzene rings is 1. The average Bonchev–Trinajstić information content (AvgIpc) is 2.83. The second-order valence-electron chi connectivity index (χ2n) is 6.64. The molecule has 1 aliphatic rings. The number of carbonyl (C=O) groups is 1. The van der Waals surface area contributed by atoms with Crippen LogP contribution in [0.3, 0.4) is 0 Å². The summed E-state index contributed by atoms with van der Waals surface area (Å²) < 4.78 is 1.89. The van der Waals surface area contributed by atoms with Gasteiger partial charge in [0.05, 0.1) is 17.8 Å². The first kappa shape index (κ1) is 17.0. The molecule has 1 aromatic carbocycles. The number of rotatable bonds is 3. The van der Waals surface area contributed by atoms with Gasteiger partial charge in [-0.1, -0.05) is 29.8 Å². The topological polar surface area (TPSA) is 38.1 Å². The highest BCUT2D eigenvalue weighted by atomic mass is 35.5. The van der Waals surface area contributed by atoms with Crippen LogP contribution in [0.2, 0.25) is 5.02 Å².